The summed E-state index contributed by atoms with van der Waals surface area (Å²) in [6.45, 7) is 3.58. The lowest BCUT2D eigenvalue weighted by Gasteiger charge is -2.28. The molecule has 0 fully saturated rings. The monoisotopic (exact) mass is 525 g/mol. The van der Waals surface area contributed by atoms with Gasteiger partial charge < -0.3 is 4.57 Å². The summed E-state index contributed by atoms with van der Waals surface area (Å²) < 4.78 is 30.9. The van der Waals surface area contributed by atoms with Crippen molar-refractivity contribution < 1.29 is 13.2 Å². The SMILES string of the molecule is CCCn1c(=NC(=O)c2ccc(S(=O)(=O)N3CCc4ccccc4C3)cc2)sc2cc(Cl)ccc21. The van der Waals surface area contributed by atoms with Crippen molar-refractivity contribution in [2.75, 3.05) is 6.54 Å². The Bertz CT molecular complexity index is 1590. The molecule has 0 atom stereocenters. The molecule has 2 heterocycles. The molecule has 180 valence electrons. The van der Waals surface area contributed by atoms with Gasteiger partial charge in [-0.25, -0.2) is 8.42 Å². The van der Waals surface area contributed by atoms with Crippen LogP contribution in [-0.4, -0.2) is 29.7 Å². The number of rotatable bonds is 5. The zero-order valence-electron chi connectivity index (χ0n) is 19.1. The van der Waals surface area contributed by atoms with E-state index < -0.39 is 15.9 Å². The van der Waals surface area contributed by atoms with Crippen molar-refractivity contribution in [2.45, 2.75) is 37.8 Å². The number of halogens is 1. The van der Waals surface area contributed by atoms with Gasteiger partial charge in [0.05, 0.1) is 15.1 Å². The normalized spacial score (nSPS) is 14.9. The Balaban J connectivity index is 1.42. The fourth-order valence-corrected chi connectivity index (χ4v) is 7.07. The molecule has 9 heteroatoms. The van der Waals surface area contributed by atoms with Crippen LogP contribution in [-0.2, 0) is 29.5 Å². The highest BCUT2D eigenvalue weighted by Gasteiger charge is 2.28. The third kappa shape index (κ3) is 4.71. The van der Waals surface area contributed by atoms with Crippen molar-refractivity contribution in [3.05, 3.63) is 93.2 Å². The number of amides is 1. The smallest absolute Gasteiger partial charge is 0.279 e. The molecule has 6 nitrogen and oxygen atoms in total. The molecule has 1 aliphatic heterocycles. The molecule has 0 radical (unpaired) electrons. The number of thiazole rings is 1. The van der Waals surface area contributed by atoms with Gasteiger partial charge in [-0.1, -0.05) is 54.1 Å². The molecule has 1 amide bonds. The van der Waals surface area contributed by atoms with E-state index in [1.54, 1.807) is 0 Å². The van der Waals surface area contributed by atoms with Gasteiger partial charge in [0.1, 0.15) is 0 Å². The van der Waals surface area contributed by atoms with Crippen molar-refractivity contribution >= 4 is 49.1 Å². The lowest BCUT2D eigenvalue weighted by atomic mass is 10.0. The zero-order chi connectivity index (χ0) is 24.6. The predicted molar refractivity (Wildman–Crippen MR) is 139 cm³/mol. The number of nitrogens with zero attached hydrogens (tertiary/aromatic N) is 3. The first-order chi connectivity index (χ1) is 16.9. The van der Waals surface area contributed by atoms with Crippen LogP contribution in [0.2, 0.25) is 5.02 Å². The minimum atomic E-state index is -3.66. The van der Waals surface area contributed by atoms with E-state index in [0.717, 1.165) is 28.7 Å². The van der Waals surface area contributed by atoms with Gasteiger partial charge in [0, 0.05) is 30.2 Å². The lowest BCUT2D eigenvalue weighted by molar-refractivity contribution is 0.0997. The average molecular weight is 526 g/mol. The third-order valence-corrected chi connectivity index (χ3v) is 9.26. The highest BCUT2D eigenvalue weighted by atomic mass is 35.5. The molecule has 35 heavy (non-hydrogen) atoms. The largest absolute Gasteiger partial charge is 0.316 e. The van der Waals surface area contributed by atoms with Crippen LogP contribution < -0.4 is 4.80 Å². The van der Waals surface area contributed by atoms with Crippen LogP contribution in [0, 0.1) is 0 Å². The van der Waals surface area contributed by atoms with E-state index in [-0.39, 0.29) is 4.90 Å². The van der Waals surface area contributed by atoms with E-state index >= 15 is 0 Å². The molecule has 3 aromatic carbocycles. The molecule has 0 N–H and O–H groups in total. The summed E-state index contributed by atoms with van der Waals surface area (Å²) in [5.41, 5.74) is 3.53. The first-order valence-electron chi connectivity index (χ1n) is 11.4. The summed E-state index contributed by atoms with van der Waals surface area (Å²) in [5, 5.41) is 0.634. The van der Waals surface area contributed by atoms with Gasteiger partial charge >= 0.3 is 0 Å². The van der Waals surface area contributed by atoms with E-state index in [1.807, 2.05) is 47.0 Å². The highest BCUT2D eigenvalue weighted by molar-refractivity contribution is 7.89. The van der Waals surface area contributed by atoms with Crippen LogP contribution in [0.4, 0.5) is 0 Å². The molecule has 5 rings (SSSR count). The molecule has 0 aliphatic carbocycles. The van der Waals surface area contributed by atoms with E-state index in [4.69, 9.17) is 11.6 Å². The summed E-state index contributed by atoms with van der Waals surface area (Å²) in [5.74, 6) is -0.414. The van der Waals surface area contributed by atoms with E-state index in [9.17, 15) is 13.2 Å². The fraction of sp³-hybridized carbons (Fsp3) is 0.231. The average Bonchev–Trinajstić information content (AvgIpc) is 3.19. The van der Waals surface area contributed by atoms with E-state index in [2.05, 4.69) is 11.9 Å². The standard InChI is InChI=1S/C26H24ClN3O3S2/c1-2-14-30-23-12-9-21(27)16-24(23)34-26(30)28-25(31)19-7-10-22(11-8-19)35(32,33)29-15-13-18-5-3-4-6-20(18)17-29/h3-12,16H,2,13-15,17H2,1H3. The zero-order valence-corrected chi connectivity index (χ0v) is 21.5. The van der Waals surface area contributed by atoms with Gasteiger partial charge in [-0.15, -0.1) is 0 Å². The summed E-state index contributed by atoms with van der Waals surface area (Å²) in [7, 11) is -3.66. The number of carbonyl (C=O) groups excluding carboxylic acids is 1. The number of carbonyl (C=O) groups is 1. The first kappa shape index (κ1) is 23.9. The molecular formula is C26H24ClN3O3S2. The topological polar surface area (TPSA) is 71.7 Å². The molecule has 4 aromatic rings. The predicted octanol–water partition coefficient (Wildman–Crippen LogP) is 5.25. The Morgan fingerprint density at radius 1 is 1.06 bits per heavy atom. The van der Waals surface area contributed by atoms with E-state index in [1.165, 1.54) is 45.5 Å². The van der Waals surface area contributed by atoms with Crippen molar-refractivity contribution in [1.82, 2.24) is 8.87 Å². The maximum absolute atomic E-state index is 13.2. The van der Waals surface area contributed by atoms with Crippen LogP contribution in [0.5, 0.6) is 0 Å². The van der Waals surface area contributed by atoms with Crippen molar-refractivity contribution in [1.29, 1.82) is 0 Å². The quantitative estimate of drug-likeness (QED) is 0.357. The Kier molecular flexibility index (Phi) is 6.63. The summed E-state index contributed by atoms with van der Waals surface area (Å²) >= 11 is 7.55. The molecule has 1 aliphatic rings. The second kappa shape index (κ2) is 9.70. The number of aromatic nitrogens is 1. The first-order valence-corrected chi connectivity index (χ1v) is 14.0. The number of aryl methyl sites for hydroxylation is 1. The maximum Gasteiger partial charge on any atom is 0.279 e. The van der Waals surface area contributed by atoms with Gasteiger partial charge in [0.15, 0.2) is 4.80 Å². The van der Waals surface area contributed by atoms with Crippen LogP contribution in [0.15, 0.2) is 76.6 Å². The van der Waals surface area contributed by atoms with Crippen LogP contribution in [0.3, 0.4) is 0 Å². The van der Waals surface area contributed by atoms with Gasteiger partial charge in [0.25, 0.3) is 5.91 Å². The Labute approximate surface area is 213 Å². The second-order valence-corrected chi connectivity index (χ2v) is 11.8. The van der Waals surface area contributed by atoms with Crippen LogP contribution in [0.25, 0.3) is 10.2 Å². The van der Waals surface area contributed by atoms with Gasteiger partial charge in [0.2, 0.25) is 10.0 Å². The summed E-state index contributed by atoms with van der Waals surface area (Å²) in [4.78, 5) is 18.1. The fourth-order valence-electron chi connectivity index (χ4n) is 4.32. The number of sulfonamides is 1. The van der Waals surface area contributed by atoms with Gasteiger partial charge in [-0.3, -0.25) is 4.79 Å². The third-order valence-electron chi connectivity index (χ3n) is 6.12. The Hall–Kier alpha value is -2.78. The van der Waals surface area contributed by atoms with Gasteiger partial charge in [-0.05, 0) is 66.4 Å². The molecule has 0 spiro atoms. The molecule has 0 saturated heterocycles. The summed E-state index contributed by atoms with van der Waals surface area (Å²) in [6, 6.07) is 19.6. The number of fused-ring (bicyclic) bond motifs is 2. The molecule has 0 saturated carbocycles. The summed E-state index contributed by atoms with van der Waals surface area (Å²) in [6.07, 6.45) is 1.58. The highest BCUT2D eigenvalue weighted by Crippen LogP contribution is 2.25. The Morgan fingerprint density at radius 3 is 2.54 bits per heavy atom. The maximum atomic E-state index is 13.2. The Morgan fingerprint density at radius 2 is 1.80 bits per heavy atom. The molecular weight excluding hydrogens is 502 g/mol. The number of hydrogen-bond donors (Lipinski definition) is 0. The molecule has 0 unspecified atom stereocenters. The number of benzene rings is 3. The number of hydrogen-bond acceptors (Lipinski definition) is 4. The lowest BCUT2D eigenvalue weighted by Crippen LogP contribution is -2.35. The van der Waals surface area contributed by atoms with Crippen molar-refractivity contribution in [2.24, 2.45) is 4.99 Å². The molecule has 0 bridgehead atoms. The molecule has 1 aromatic heterocycles. The van der Waals surface area contributed by atoms with Gasteiger partial charge in [-0.2, -0.15) is 9.30 Å². The second-order valence-electron chi connectivity index (χ2n) is 8.45. The van der Waals surface area contributed by atoms with Crippen molar-refractivity contribution in [3.63, 3.8) is 0 Å². The van der Waals surface area contributed by atoms with Crippen molar-refractivity contribution in [3.8, 4) is 0 Å². The van der Waals surface area contributed by atoms with Crippen LogP contribution in [0.1, 0.15) is 34.8 Å². The van der Waals surface area contributed by atoms with Crippen LogP contribution >= 0.6 is 22.9 Å². The van der Waals surface area contributed by atoms with E-state index in [0.29, 0.717) is 34.9 Å². The minimum Gasteiger partial charge on any atom is -0.316 e. The minimum absolute atomic E-state index is 0.172.